The minimum absolute atomic E-state index is 0.0605. The molecule has 0 radical (unpaired) electrons. The van der Waals surface area contributed by atoms with E-state index in [1.54, 1.807) is 0 Å². The molecule has 2 heteroatoms. The molecule has 0 bridgehead atoms. The summed E-state index contributed by atoms with van der Waals surface area (Å²) in [6.07, 6.45) is 0.786. The third-order valence-electron chi connectivity index (χ3n) is 3.66. The van der Waals surface area contributed by atoms with E-state index in [1.807, 2.05) is 56.3 Å². The van der Waals surface area contributed by atoms with Crippen molar-refractivity contribution in [3.8, 4) is 0 Å². The van der Waals surface area contributed by atoms with Crippen molar-refractivity contribution < 1.29 is 9.59 Å². The molecule has 0 heterocycles. The van der Waals surface area contributed by atoms with Crippen molar-refractivity contribution in [2.75, 3.05) is 0 Å². The van der Waals surface area contributed by atoms with E-state index in [2.05, 4.69) is 0 Å². The summed E-state index contributed by atoms with van der Waals surface area (Å²) in [7, 11) is 0. The molecule has 2 aromatic rings. The van der Waals surface area contributed by atoms with Crippen molar-refractivity contribution in [2.45, 2.75) is 13.8 Å². The van der Waals surface area contributed by atoms with Crippen molar-refractivity contribution >= 4 is 23.2 Å². The van der Waals surface area contributed by atoms with Crippen LogP contribution in [-0.4, -0.2) is 12.1 Å². The molecule has 20 heavy (non-hydrogen) atoms. The highest BCUT2D eigenvalue weighted by molar-refractivity contribution is 6.46. The number of hydrogen-bond acceptors (Lipinski definition) is 2. The first kappa shape index (κ1) is 12.5. The number of carbonyl (C=O) groups is 2. The van der Waals surface area contributed by atoms with Crippen LogP contribution < -0.4 is 0 Å². The molecular weight excluding hydrogens is 248 g/mol. The minimum atomic E-state index is -0.0605. The number of benzene rings is 2. The SMILES string of the molecule is Cc1ccc(C2=C(C=O)c3ccc(C)cc3C2=O)cc1. The third kappa shape index (κ3) is 1.81. The van der Waals surface area contributed by atoms with Gasteiger partial charge in [-0.25, -0.2) is 0 Å². The number of aryl methyl sites for hydroxylation is 2. The third-order valence-corrected chi connectivity index (χ3v) is 3.66. The highest BCUT2D eigenvalue weighted by Gasteiger charge is 2.30. The summed E-state index contributed by atoms with van der Waals surface area (Å²) in [5.41, 5.74) is 5.33. The first-order valence-corrected chi connectivity index (χ1v) is 6.54. The fourth-order valence-corrected chi connectivity index (χ4v) is 2.60. The Kier molecular flexibility index (Phi) is 2.87. The summed E-state index contributed by atoms with van der Waals surface area (Å²) in [5.74, 6) is -0.0605. The molecule has 0 saturated heterocycles. The van der Waals surface area contributed by atoms with Crippen LogP contribution in [0.15, 0.2) is 42.5 Å². The maximum atomic E-state index is 12.6. The van der Waals surface area contributed by atoms with Gasteiger partial charge >= 0.3 is 0 Å². The lowest BCUT2D eigenvalue weighted by Crippen LogP contribution is -1.98. The Morgan fingerprint density at radius 3 is 2.15 bits per heavy atom. The average molecular weight is 262 g/mol. The normalized spacial score (nSPS) is 13.6. The van der Waals surface area contributed by atoms with Crippen molar-refractivity contribution in [3.05, 3.63) is 70.3 Å². The Hall–Kier alpha value is -2.48. The summed E-state index contributed by atoms with van der Waals surface area (Å²) >= 11 is 0. The van der Waals surface area contributed by atoms with Gasteiger partial charge in [0, 0.05) is 16.7 Å². The number of carbonyl (C=O) groups excluding carboxylic acids is 2. The fourth-order valence-electron chi connectivity index (χ4n) is 2.60. The fraction of sp³-hybridized carbons (Fsp3) is 0.111. The van der Waals surface area contributed by atoms with E-state index < -0.39 is 0 Å². The molecule has 0 saturated carbocycles. The molecule has 0 amide bonds. The van der Waals surface area contributed by atoms with E-state index in [0.717, 1.165) is 28.5 Å². The number of hydrogen-bond donors (Lipinski definition) is 0. The maximum Gasteiger partial charge on any atom is 0.195 e. The zero-order valence-corrected chi connectivity index (χ0v) is 11.4. The van der Waals surface area contributed by atoms with Crippen molar-refractivity contribution in [1.82, 2.24) is 0 Å². The van der Waals surface area contributed by atoms with Crippen LogP contribution in [0, 0.1) is 13.8 Å². The topological polar surface area (TPSA) is 34.1 Å². The van der Waals surface area contributed by atoms with E-state index >= 15 is 0 Å². The monoisotopic (exact) mass is 262 g/mol. The largest absolute Gasteiger partial charge is 0.298 e. The summed E-state index contributed by atoms with van der Waals surface area (Å²) in [6, 6.07) is 13.3. The van der Waals surface area contributed by atoms with Crippen LogP contribution in [0.2, 0.25) is 0 Å². The number of Topliss-reactive ketones (excluding diaryl/α,β-unsaturated/α-hetero) is 1. The standard InChI is InChI=1S/C18H14O2/c1-11-3-6-13(7-4-11)17-16(10-19)14-8-5-12(2)9-15(14)18(17)20/h3-10H,1-2H3. The Bertz CT molecular complexity index is 749. The second-order valence-corrected chi connectivity index (χ2v) is 5.15. The van der Waals surface area contributed by atoms with Gasteiger partial charge in [0.25, 0.3) is 0 Å². The lowest BCUT2D eigenvalue weighted by Gasteiger charge is -2.03. The van der Waals surface area contributed by atoms with Crippen LogP contribution in [0.5, 0.6) is 0 Å². The molecule has 0 unspecified atom stereocenters. The molecule has 0 atom stereocenters. The zero-order valence-electron chi connectivity index (χ0n) is 11.4. The van der Waals surface area contributed by atoms with Gasteiger partial charge in [-0.15, -0.1) is 0 Å². The summed E-state index contributed by atoms with van der Waals surface area (Å²) in [6.45, 7) is 3.94. The molecule has 0 N–H and O–H groups in total. The van der Waals surface area contributed by atoms with Crippen LogP contribution >= 0.6 is 0 Å². The van der Waals surface area contributed by atoms with Gasteiger partial charge in [0.05, 0.1) is 0 Å². The van der Waals surface area contributed by atoms with Gasteiger partial charge in [-0.1, -0.05) is 47.5 Å². The lowest BCUT2D eigenvalue weighted by molar-refractivity contribution is -0.103. The zero-order chi connectivity index (χ0) is 14.3. The van der Waals surface area contributed by atoms with E-state index in [9.17, 15) is 9.59 Å². The first-order valence-electron chi connectivity index (χ1n) is 6.54. The van der Waals surface area contributed by atoms with Crippen LogP contribution in [0.1, 0.15) is 32.6 Å². The van der Waals surface area contributed by atoms with Gasteiger partial charge in [-0.3, -0.25) is 9.59 Å². The van der Waals surface area contributed by atoms with Crippen molar-refractivity contribution in [1.29, 1.82) is 0 Å². The molecule has 0 aliphatic heterocycles. The average Bonchev–Trinajstić information content (AvgIpc) is 2.72. The summed E-state index contributed by atoms with van der Waals surface area (Å²) < 4.78 is 0. The molecule has 98 valence electrons. The molecule has 3 rings (SSSR count). The van der Waals surface area contributed by atoms with E-state index in [-0.39, 0.29) is 5.78 Å². The van der Waals surface area contributed by atoms with E-state index in [0.29, 0.717) is 16.7 Å². The van der Waals surface area contributed by atoms with Crippen LogP contribution in [0.25, 0.3) is 11.1 Å². The number of aldehydes is 1. The Morgan fingerprint density at radius 2 is 1.50 bits per heavy atom. The Morgan fingerprint density at radius 1 is 0.850 bits per heavy atom. The highest BCUT2D eigenvalue weighted by Crippen LogP contribution is 2.37. The molecule has 0 spiro atoms. The molecule has 0 aromatic heterocycles. The maximum absolute atomic E-state index is 12.6. The molecule has 0 fully saturated rings. The summed E-state index contributed by atoms with van der Waals surface area (Å²) in [5, 5.41) is 0. The van der Waals surface area contributed by atoms with Crippen molar-refractivity contribution in [2.24, 2.45) is 0 Å². The molecular formula is C18H14O2. The Labute approximate surface area is 117 Å². The van der Waals surface area contributed by atoms with E-state index in [1.165, 1.54) is 0 Å². The molecule has 2 aromatic carbocycles. The van der Waals surface area contributed by atoms with E-state index in [4.69, 9.17) is 0 Å². The van der Waals surface area contributed by atoms with Gasteiger partial charge in [-0.05, 0) is 31.0 Å². The Balaban J connectivity index is 2.23. The van der Waals surface area contributed by atoms with Crippen LogP contribution in [-0.2, 0) is 4.79 Å². The molecule has 1 aliphatic rings. The second-order valence-electron chi connectivity index (χ2n) is 5.15. The number of rotatable bonds is 2. The molecule has 1 aliphatic carbocycles. The predicted molar refractivity (Wildman–Crippen MR) is 79.6 cm³/mol. The smallest absolute Gasteiger partial charge is 0.195 e. The predicted octanol–water partition coefficient (Wildman–Crippen LogP) is 3.61. The number of fused-ring (bicyclic) bond motifs is 1. The van der Waals surface area contributed by atoms with Gasteiger partial charge < -0.3 is 0 Å². The minimum Gasteiger partial charge on any atom is -0.298 e. The van der Waals surface area contributed by atoms with Gasteiger partial charge in [-0.2, -0.15) is 0 Å². The van der Waals surface area contributed by atoms with Crippen molar-refractivity contribution in [3.63, 3.8) is 0 Å². The highest BCUT2D eigenvalue weighted by atomic mass is 16.1. The van der Waals surface area contributed by atoms with Gasteiger partial charge in [0.2, 0.25) is 0 Å². The van der Waals surface area contributed by atoms with Gasteiger partial charge in [0.1, 0.15) is 0 Å². The number of allylic oxidation sites excluding steroid dienone is 2. The summed E-state index contributed by atoms with van der Waals surface area (Å²) in [4.78, 5) is 24.0. The lowest BCUT2D eigenvalue weighted by atomic mass is 9.99. The first-order chi connectivity index (χ1) is 9.61. The van der Waals surface area contributed by atoms with Crippen LogP contribution in [0.3, 0.4) is 0 Å². The second kappa shape index (κ2) is 4.57. The van der Waals surface area contributed by atoms with Gasteiger partial charge in [0.15, 0.2) is 12.1 Å². The van der Waals surface area contributed by atoms with Crippen LogP contribution in [0.4, 0.5) is 0 Å². The molecule has 2 nitrogen and oxygen atoms in total. The number of ketones is 1. The quantitative estimate of drug-likeness (QED) is 0.775.